The zero-order valence-corrected chi connectivity index (χ0v) is 20.2. The fraction of sp³-hybridized carbons (Fsp3) is 0.333. The lowest BCUT2D eigenvalue weighted by Crippen LogP contribution is -2.22. The van der Waals surface area contributed by atoms with E-state index in [2.05, 4.69) is 10.6 Å². The third kappa shape index (κ3) is 6.98. The van der Waals surface area contributed by atoms with Gasteiger partial charge in [0.1, 0.15) is 5.00 Å². The molecule has 0 spiro atoms. The van der Waals surface area contributed by atoms with Crippen LogP contribution in [0.3, 0.4) is 0 Å². The van der Waals surface area contributed by atoms with Gasteiger partial charge in [-0.3, -0.25) is 14.4 Å². The zero-order valence-electron chi connectivity index (χ0n) is 17.8. The molecule has 2 rings (SSSR count). The molecular weight excluding hydrogens is 476 g/mol. The van der Waals surface area contributed by atoms with Crippen LogP contribution in [-0.4, -0.2) is 49.8 Å². The van der Waals surface area contributed by atoms with Crippen molar-refractivity contribution >= 4 is 63.5 Å². The summed E-state index contributed by atoms with van der Waals surface area (Å²) in [5.74, 6) is -1.77. The molecule has 8 nitrogen and oxygen atoms in total. The molecule has 1 aromatic carbocycles. The molecule has 2 N–H and O–H groups in total. The first-order chi connectivity index (χ1) is 15.3. The molecule has 0 saturated heterocycles. The van der Waals surface area contributed by atoms with Gasteiger partial charge in [-0.2, -0.15) is 0 Å². The Morgan fingerprint density at radius 1 is 1.16 bits per heavy atom. The molecule has 0 radical (unpaired) electrons. The summed E-state index contributed by atoms with van der Waals surface area (Å²) in [4.78, 5) is 49.8. The Hall–Kier alpha value is -2.56. The number of anilines is 1. The van der Waals surface area contributed by atoms with Crippen molar-refractivity contribution in [3.8, 4) is 0 Å². The summed E-state index contributed by atoms with van der Waals surface area (Å²) in [7, 11) is 1.47. The van der Waals surface area contributed by atoms with Crippen LogP contribution >= 0.6 is 34.7 Å². The SMILES string of the molecule is CCOC(=O)c1c(NC(=O)COC(=O)CCSc2ccccc2Cl)sc(C(=O)NC)c1C. The summed E-state index contributed by atoms with van der Waals surface area (Å²) >= 11 is 8.43. The number of hydrogen-bond acceptors (Lipinski definition) is 8. The van der Waals surface area contributed by atoms with Gasteiger partial charge >= 0.3 is 11.9 Å². The number of amides is 2. The molecule has 0 saturated carbocycles. The highest BCUT2D eigenvalue weighted by atomic mass is 35.5. The van der Waals surface area contributed by atoms with E-state index in [1.807, 2.05) is 18.2 Å². The van der Waals surface area contributed by atoms with Crippen LogP contribution in [0.4, 0.5) is 5.00 Å². The van der Waals surface area contributed by atoms with Crippen LogP contribution in [0.25, 0.3) is 0 Å². The van der Waals surface area contributed by atoms with Crippen molar-refractivity contribution in [3.05, 3.63) is 45.3 Å². The van der Waals surface area contributed by atoms with Gasteiger partial charge in [-0.15, -0.1) is 23.1 Å². The van der Waals surface area contributed by atoms with Crippen LogP contribution in [0.5, 0.6) is 0 Å². The van der Waals surface area contributed by atoms with Crippen molar-refractivity contribution in [2.24, 2.45) is 0 Å². The molecule has 0 bridgehead atoms. The Morgan fingerprint density at radius 2 is 1.88 bits per heavy atom. The first-order valence-electron chi connectivity index (χ1n) is 9.63. The number of thiophene rings is 1. The van der Waals surface area contributed by atoms with Crippen LogP contribution in [0.2, 0.25) is 5.02 Å². The Bertz CT molecular complexity index is 1010. The van der Waals surface area contributed by atoms with Gasteiger partial charge in [0, 0.05) is 17.7 Å². The van der Waals surface area contributed by atoms with Gasteiger partial charge in [0.2, 0.25) is 0 Å². The van der Waals surface area contributed by atoms with E-state index in [0.717, 1.165) is 16.2 Å². The van der Waals surface area contributed by atoms with Crippen LogP contribution in [0.1, 0.15) is 38.9 Å². The molecule has 0 unspecified atom stereocenters. The van der Waals surface area contributed by atoms with Crippen molar-refractivity contribution < 1.29 is 28.7 Å². The molecule has 172 valence electrons. The number of carbonyl (C=O) groups is 4. The average molecular weight is 499 g/mol. The number of hydrogen-bond donors (Lipinski definition) is 2. The molecule has 0 fully saturated rings. The van der Waals surface area contributed by atoms with Gasteiger partial charge in [0.15, 0.2) is 6.61 Å². The maximum absolute atomic E-state index is 12.3. The number of esters is 2. The summed E-state index contributed by atoms with van der Waals surface area (Å²) in [5, 5.41) is 5.79. The molecule has 0 aliphatic rings. The zero-order chi connectivity index (χ0) is 23.7. The van der Waals surface area contributed by atoms with E-state index >= 15 is 0 Å². The van der Waals surface area contributed by atoms with Crippen molar-refractivity contribution in [1.82, 2.24) is 5.32 Å². The molecule has 2 aromatic rings. The third-order valence-electron chi connectivity index (χ3n) is 4.08. The molecule has 11 heteroatoms. The summed E-state index contributed by atoms with van der Waals surface area (Å²) in [6.45, 7) is 2.87. The lowest BCUT2D eigenvalue weighted by atomic mass is 10.1. The number of rotatable bonds is 10. The Kier molecular flexibility index (Phi) is 10.0. The minimum Gasteiger partial charge on any atom is -0.462 e. The minimum absolute atomic E-state index is 0.0934. The highest BCUT2D eigenvalue weighted by molar-refractivity contribution is 7.99. The van der Waals surface area contributed by atoms with Crippen LogP contribution in [0.15, 0.2) is 29.2 Å². The maximum atomic E-state index is 12.3. The minimum atomic E-state index is -0.653. The quantitative estimate of drug-likeness (QED) is 0.377. The summed E-state index contributed by atoms with van der Waals surface area (Å²) in [6, 6.07) is 7.28. The van der Waals surface area contributed by atoms with Crippen LogP contribution in [-0.2, 0) is 19.1 Å². The van der Waals surface area contributed by atoms with Crippen molar-refractivity contribution in [2.75, 3.05) is 31.3 Å². The van der Waals surface area contributed by atoms with Crippen LogP contribution < -0.4 is 10.6 Å². The fourth-order valence-corrected chi connectivity index (χ4v) is 4.89. The van der Waals surface area contributed by atoms with E-state index in [1.54, 1.807) is 19.9 Å². The predicted molar refractivity (Wildman–Crippen MR) is 125 cm³/mol. The summed E-state index contributed by atoms with van der Waals surface area (Å²) in [6.07, 6.45) is 0.0934. The largest absolute Gasteiger partial charge is 0.462 e. The molecule has 2 amide bonds. The monoisotopic (exact) mass is 498 g/mol. The number of carbonyl (C=O) groups excluding carboxylic acids is 4. The van der Waals surface area contributed by atoms with Crippen molar-refractivity contribution in [3.63, 3.8) is 0 Å². The third-order valence-corrected chi connectivity index (χ3v) is 6.80. The first-order valence-corrected chi connectivity index (χ1v) is 11.8. The highest BCUT2D eigenvalue weighted by Gasteiger charge is 2.26. The van der Waals surface area contributed by atoms with Crippen molar-refractivity contribution in [2.45, 2.75) is 25.2 Å². The van der Waals surface area contributed by atoms with Gasteiger partial charge in [0.05, 0.1) is 28.5 Å². The lowest BCUT2D eigenvalue weighted by Gasteiger charge is -2.08. The van der Waals surface area contributed by atoms with E-state index in [9.17, 15) is 19.2 Å². The predicted octanol–water partition coefficient (Wildman–Crippen LogP) is 3.91. The molecule has 0 atom stereocenters. The number of nitrogens with one attached hydrogen (secondary N) is 2. The van der Waals surface area contributed by atoms with Crippen molar-refractivity contribution in [1.29, 1.82) is 0 Å². The molecular formula is C21H23ClN2O6S2. The van der Waals surface area contributed by atoms with E-state index < -0.39 is 24.5 Å². The molecule has 0 aliphatic carbocycles. The molecule has 1 heterocycles. The molecule has 32 heavy (non-hydrogen) atoms. The molecule has 1 aromatic heterocycles. The fourth-order valence-electron chi connectivity index (χ4n) is 2.57. The van der Waals surface area contributed by atoms with E-state index in [0.29, 0.717) is 16.3 Å². The van der Waals surface area contributed by atoms with Gasteiger partial charge < -0.3 is 20.1 Å². The normalized spacial score (nSPS) is 10.4. The Labute approximate surface area is 199 Å². The standard InChI is InChI=1S/C21H23ClN2O6S2/c1-4-29-21(28)17-12(2)18(19(27)23-3)32-20(17)24-15(25)11-30-16(26)9-10-31-14-8-6-5-7-13(14)22/h5-8H,4,9-11H2,1-3H3,(H,23,27)(H,24,25). The number of halogens is 1. The summed E-state index contributed by atoms with van der Waals surface area (Å²) in [5.41, 5.74) is 0.503. The lowest BCUT2D eigenvalue weighted by molar-refractivity contribution is -0.146. The average Bonchev–Trinajstić information content (AvgIpc) is 3.09. The number of benzene rings is 1. The van der Waals surface area contributed by atoms with Crippen LogP contribution in [0, 0.1) is 6.92 Å². The van der Waals surface area contributed by atoms with Gasteiger partial charge in [-0.25, -0.2) is 4.79 Å². The van der Waals surface area contributed by atoms with E-state index in [-0.39, 0.29) is 34.4 Å². The highest BCUT2D eigenvalue weighted by Crippen LogP contribution is 2.33. The van der Waals surface area contributed by atoms with Gasteiger partial charge in [-0.1, -0.05) is 23.7 Å². The van der Waals surface area contributed by atoms with E-state index in [1.165, 1.54) is 18.8 Å². The summed E-state index contributed by atoms with van der Waals surface area (Å²) < 4.78 is 10.0. The van der Waals surface area contributed by atoms with Gasteiger partial charge in [-0.05, 0) is 31.5 Å². The second-order valence-electron chi connectivity index (χ2n) is 6.30. The Balaban J connectivity index is 1.94. The number of thioether (sulfide) groups is 1. The topological polar surface area (TPSA) is 111 Å². The second kappa shape index (κ2) is 12.5. The van der Waals surface area contributed by atoms with E-state index in [4.69, 9.17) is 21.1 Å². The second-order valence-corrected chi connectivity index (χ2v) is 8.86. The van der Waals surface area contributed by atoms with Gasteiger partial charge in [0.25, 0.3) is 11.8 Å². The number of ether oxygens (including phenoxy) is 2. The Morgan fingerprint density at radius 3 is 2.53 bits per heavy atom. The first kappa shape index (κ1) is 25.7. The maximum Gasteiger partial charge on any atom is 0.341 e. The molecule has 0 aliphatic heterocycles. The smallest absolute Gasteiger partial charge is 0.341 e.